The van der Waals surface area contributed by atoms with Crippen molar-refractivity contribution in [1.82, 2.24) is 14.9 Å². The molecule has 0 radical (unpaired) electrons. The Balaban J connectivity index is 2.50. The molecule has 0 bridgehead atoms. The minimum Gasteiger partial charge on any atom is -0.337 e. The van der Waals surface area contributed by atoms with Gasteiger partial charge < -0.3 is 5.32 Å². The van der Waals surface area contributed by atoms with Crippen LogP contribution in [0.5, 0.6) is 0 Å². The predicted octanol–water partition coefficient (Wildman–Crippen LogP) is 1.35. The van der Waals surface area contributed by atoms with Gasteiger partial charge >= 0.3 is 11.7 Å². The summed E-state index contributed by atoms with van der Waals surface area (Å²) in [6.07, 6.45) is 2.40. The molecule has 1 aromatic rings. The maximum absolute atomic E-state index is 13.0. The number of hydrogen-bond acceptors (Lipinski definition) is 3. The average molecular weight is 301 g/mol. The van der Waals surface area contributed by atoms with E-state index in [-0.39, 0.29) is 0 Å². The maximum atomic E-state index is 13.0. The normalized spacial score (nSPS) is 11.4. The zero-order valence-electron chi connectivity index (χ0n) is 12.0. The van der Waals surface area contributed by atoms with E-state index in [1.165, 1.54) is 0 Å². The molecule has 0 saturated carbocycles. The third-order valence-corrected chi connectivity index (χ3v) is 4.60. The Labute approximate surface area is 117 Å². The van der Waals surface area contributed by atoms with Gasteiger partial charge in [0.2, 0.25) is 5.82 Å². The van der Waals surface area contributed by atoms with Crippen molar-refractivity contribution in [2.24, 2.45) is 0 Å². The molecule has 0 unspecified atom stereocenters. The number of amides is 1. The van der Waals surface area contributed by atoms with Crippen molar-refractivity contribution in [1.29, 1.82) is 0 Å². The highest BCUT2D eigenvalue weighted by Gasteiger charge is 2.13. The number of nitrogens with one attached hydrogen (secondary N) is 2. The minimum atomic E-state index is -1.17. The lowest BCUT2D eigenvalue weighted by molar-refractivity contribution is 0.240. The quantitative estimate of drug-likeness (QED) is 0.636. The number of carbonyl (C=O) groups is 1. The van der Waals surface area contributed by atoms with Crippen LogP contribution in [0.1, 0.15) is 12.8 Å². The van der Waals surface area contributed by atoms with E-state index in [1.54, 1.807) is 4.98 Å². The van der Waals surface area contributed by atoms with Crippen LogP contribution >= 0.6 is 0 Å². The lowest BCUT2D eigenvalue weighted by Crippen LogP contribution is -2.40. The van der Waals surface area contributed by atoms with E-state index >= 15 is 0 Å². The highest BCUT2D eigenvalue weighted by atomic mass is 28.3. The van der Waals surface area contributed by atoms with Gasteiger partial charge in [-0.1, -0.05) is 32.1 Å². The molecule has 1 heterocycles. The minimum absolute atomic E-state index is 0.413. The first-order chi connectivity index (χ1) is 9.20. The summed E-state index contributed by atoms with van der Waals surface area (Å²) in [5, 5.41) is 2.52. The summed E-state index contributed by atoms with van der Waals surface area (Å²) in [6, 6.07) is 0.425. The molecule has 0 saturated heterocycles. The number of aromatic nitrogens is 2. The fraction of sp³-hybridized carbons (Fsp3) is 0.583. The van der Waals surface area contributed by atoms with Crippen LogP contribution in [0.15, 0.2) is 15.8 Å². The first kappa shape index (κ1) is 16.4. The number of unbranched alkanes of at least 4 members (excludes halogenated alkanes) is 1. The van der Waals surface area contributed by atoms with Crippen LogP contribution in [0.3, 0.4) is 0 Å². The lowest BCUT2D eigenvalue weighted by Gasteiger charge is -2.15. The second kappa shape index (κ2) is 6.64. The van der Waals surface area contributed by atoms with E-state index in [4.69, 9.17) is 0 Å². The lowest BCUT2D eigenvalue weighted by atomic mass is 10.3. The molecule has 112 valence electrons. The van der Waals surface area contributed by atoms with Gasteiger partial charge in [0, 0.05) is 14.6 Å². The van der Waals surface area contributed by atoms with Crippen LogP contribution in [-0.4, -0.2) is 30.2 Å². The zero-order chi connectivity index (χ0) is 15.3. The molecular formula is C12H20FN3O3Si. The Morgan fingerprint density at radius 3 is 2.60 bits per heavy atom. The molecule has 0 aromatic carbocycles. The molecule has 0 atom stereocenters. The first-order valence-electron chi connectivity index (χ1n) is 6.50. The number of aromatic amines is 1. The molecule has 0 aliphatic rings. The van der Waals surface area contributed by atoms with Gasteiger partial charge in [-0.05, 0) is 6.42 Å². The van der Waals surface area contributed by atoms with Crippen molar-refractivity contribution in [3.05, 3.63) is 32.9 Å². The Hall–Kier alpha value is -1.70. The standard InChI is InChI=1S/C12H20FN3O3Si/c1-20(2,3)7-5-4-6-14-11(18)16-8-9(13)10(17)15-12(16)19/h8H,4-7H2,1-3H3,(H,14,18)(H,15,17,19). The first-order valence-corrected chi connectivity index (χ1v) is 10.2. The molecule has 20 heavy (non-hydrogen) atoms. The molecule has 8 heteroatoms. The molecule has 0 aliphatic carbocycles. The third-order valence-electron chi connectivity index (χ3n) is 2.75. The summed E-state index contributed by atoms with van der Waals surface area (Å²) in [5.41, 5.74) is -2.08. The van der Waals surface area contributed by atoms with Gasteiger partial charge in [0.25, 0.3) is 5.56 Å². The SMILES string of the molecule is C[Si](C)(C)CCCCNC(=O)n1cc(F)c(=O)[nH]c1=O. The predicted molar refractivity (Wildman–Crippen MR) is 77.5 cm³/mol. The highest BCUT2D eigenvalue weighted by molar-refractivity contribution is 6.76. The van der Waals surface area contributed by atoms with E-state index in [2.05, 4.69) is 25.0 Å². The fourth-order valence-corrected chi connectivity index (χ4v) is 2.97. The second-order valence-corrected chi connectivity index (χ2v) is 11.5. The summed E-state index contributed by atoms with van der Waals surface area (Å²) in [5.74, 6) is -1.17. The van der Waals surface area contributed by atoms with Crippen LogP contribution in [0, 0.1) is 5.82 Å². The van der Waals surface area contributed by atoms with E-state index in [1.807, 2.05) is 0 Å². The van der Waals surface area contributed by atoms with Crippen molar-refractivity contribution < 1.29 is 9.18 Å². The van der Waals surface area contributed by atoms with Gasteiger partial charge in [0.15, 0.2) is 0 Å². The molecule has 2 N–H and O–H groups in total. The van der Waals surface area contributed by atoms with Gasteiger partial charge in [-0.15, -0.1) is 0 Å². The van der Waals surface area contributed by atoms with Crippen molar-refractivity contribution in [3.63, 3.8) is 0 Å². The summed E-state index contributed by atoms with van der Waals surface area (Å²) >= 11 is 0. The van der Waals surface area contributed by atoms with Crippen LogP contribution in [0.2, 0.25) is 25.7 Å². The number of rotatable bonds is 5. The van der Waals surface area contributed by atoms with Crippen molar-refractivity contribution in [2.45, 2.75) is 38.5 Å². The van der Waals surface area contributed by atoms with Gasteiger partial charge in [-0.3, -0.25) is 9.78 Å². The monoisotopic (exact) mass is 301 g/mol. The number of carbonyl (C=O) groups excluding carboxylic acids is 1. The van der Waals surface area contributed by atoms with Crippen molar-refractivity contribution >= 4 is 14.1 Å². The zero-order valence-corrected chi connectivity index (χ0v) is 13.0. The smallest absolute Gasteiger partial charge is 0.336 e. The number of H-pyrrole nitrogens is 1. The Bertz CT molecular complexity index is 589. The largest absolute Gasteiger partial charge is 0.337 e. The molecule has 0 fully saturated rings. The second-order valence-electron chi connectivity index (χ2n) is 5.86. The summed E-state index contributed by atoms with van der Waals surface area (Å²) in [4.78, 5) is 35.6. The van der Waals surface area contributed by atoms with E-state index in [9.17, 15) is 18.8 Å². The molecule has 0 spiro atoms. The van der Waals surface area contributed by atoms with Gasteiger partial charge in [0.1, 0.15) is 0 Å². The Kier molecular flexibility index (Phi) is 5.43. The fourth-order valence-electron chi connectivity index (χ4n) is 1.66. The maximum Gasteiger partial charge on any atom is 0.336 e. The Morgan fingerprint density at radius 1 is 1.35 bits per heavy atom. The van der Waals surface area contributed by atoms with Gasteiger partial charge in [-0.2, -0.15) is 4.39 Å². The number of nitrogens with zero attached hydrogens (tertiary/aromatic N) is 1. The molecule has 1 aromatic heterocycles. The molecule has 1 amide bonds. The summed E-state index contributed by atoms with van der Waals surface area (Å²) in [7, 11) is -1.08. The average Bonchev–Trinajstić information content (AvgIpc) is 2.31. The van der Waals surface area contributed by atoms with Gasteiger partial charge in [0.05, 0.1) is 6.20 Å². The van der Waals surface area contributed by atoms with Crippen LogP contribution in [0.25, 0.3) is 0 Å². The van der Waals surface area contributed by atoms with Crippen molar-refractivity contribution in [3.8, 4) is 0 Å². The molecule has 0 aliphatic heterocycles. The highest BCUT2D eigenvalue weighted by Crippen LogP contribution is 2.11. The summed E-state index contributed by atoms with van der Waals surface area (Å²) < 4.78 is 13.5. The van der Waals surface area contributed by atoms with Gasteiger partial charge in [-0.25, -0.2) is 14.2 Å². The van der Waals surface area contributed by atoms with E-state index < -0.39 is 31.2 Å². The molecule has 6 nitrogen and oxygen atoms in total. The Morgan fingerprint density at radius 2 is 2.00 bits per heavy atom. The van der Waals surface area contributed by atoms with Crippen LogP contribution < -0.4 is 16.6 Å². The van der Waals surface area contributed by atoms with Crippen LogP contribution in [-0.2, 0) is 0 Å². The number of hydrogen-bond donors (Lipinski definition) is 2. The van der Waals surface area contributed by atoms with E-state index in [0.29, 0.717) is 17.3 Å². The third kappa shape index (κ3) is 5.12. The van der Waals surface area contributed by atoms with E-state index in [0.717, 1.165) is 18.9 Å². The topological polar surface area (TPSA) is 84.0 Å². The van der Waals surface area contributed by atoms with Crippen LogP contribution in [0.4, 0.5) is 9.18 Å². The summed E-state index contributed by atoms with van der Waals surface area (Å²) in [6.45, 7) is 7.23. The van der Waals surface area contributed by atoms with Crippen molar-refractivity contribution in [2.75, 3.05) is 6.54 Å². The molecular weight excluding hydrogens is 281 g/mol. The number of halogens is 1. The molecule has 1 rings (SSSR count).